The van der Waals surface area contributed by atoms with Gasteiger partial charge in [-0.15, -0.1) is 0 Å². The number of nitrogens with zero attached hydrogens (tertiary/aromatic N) is 6. The van der Waals surface area contributed by atoms with Crippen LogP contribution in [0, 0.1) is 10.1 Å². The molecule has 34 heavy (non-hydrogen) atoms. The lowest BCUT2D eigenvalue weighted by Crippen LogP contribution is -2.30. The van der Waals surface area contributed by atoms with Crippen LogP contribution in [0.2, 0.25) is 0 Å². The van der Waals surface area contributed by atoms with Crippen molar-refractivity contribution in [1.29, 1.82) is 0 Å². The highest BCUT2D eigenvalue weighted by atomic mass is 16.6. The van der Waals surface area contributed by atoms with Gasteiger partial charge in [0.05, 0.1) is 23.2 Å². The number of anilines is 3. The third-order valence-electron chi connectivity index (χ3n) is 5.45. The number of fused-ring (bicyclic) bond motifs is 1. The van der Waals surface area contributed by atoms with Crippen LogP contribution in [0.25, 0.3) is 22.3 Å². The zero-order valence-electron chi connectivity index (χ0n) is 19.4. The van der Waals surface area contributed by atoms with Gasteiger partial charge < -0.3 is 24.8 Å². The number of nitro benzene ring substituents is 1. The molecule has 0 aliphatic carbocycles. The number of aromatic nitrogens is 4. The third-order valence-corrected chi connectivity index (χ3v) is 5.45. The van der Waals surface area contributed by atoms with Gasteiger partial charge in [-0.1, -0.05) is 12.1 Å². The van der Waals surface area contributed by atoms with E-state index in [9.17, 15) is 10.1 Å². The van der Waals surface area contributed by atoms with Crippen molar-refractivity contribution in [3.63, 3.8) is 0 Å². The Morgan fingerprint density at radius 1 is 1.18 bits per heavy atom. The lowest BCUT2D eigenvalue weighted by molar-refractivity contribution is -0.383. The first-order valence-corrected chi connectivity index (χ1v) is 10.6. The molecular weight excluding hydrogens is 436 g/mol. The zero-order valence-corrected chi connectivity index (χ0v) is 19.4. The van der Waals surface area contributed by atoms with E-state index in [1.165, 1.54) is 19.5 Å². The van der Waals surface area contributed by atoms with Crippen molar-refractivity contribution in [2.75, 3.05) is 51.6 Å². The minimum atomic E-state index is -0.427. The summed E-state index contributed by atoms with van der Waals surface area (Å²) in [6.45, 7) is 1.12. The molecule has 176 valence electrons. The van der Waals surface area contributed by atoms with Gasteiger partial charge in [-0.25, -0.2) is 9.97 Å². The van der Waals surface area contributed by atoms with Gasteiger partial charge in [0.25, 0.3) is 5.69 Å². The van der Waals surface area contributed by atoms with Gasteiger partial charge in [-0.05, 0) is 26.2 Å². The summed E-state index contributed by atoms with van der Waals surface area (Å²) in [7, 11) is 7.06. The fourth-order valence-electron chi connectivity index (χ4n) is 3.73. The first-order valence-electron chi connectivity index (χ1n) is 10.6. The largest absolute Gasteiger partial charge is 0.494 e. The summed E-state index contributed by atoms with van der Waals surface area (Å²) in [6, 6.07) is 11.0. The number of rotatable bonds is 9. The van der Waals surface area contributed by atoms with Crippen LogP contribution in [-0.4, -0.2) is 71.1 Å². The Morgan fingerprint density at radius 3 is 2.71 bits per heavy atom. The number of benzene rings is 2. The SMILES string of the molecule is CNc1cc(OC)c(N(CCN(C)C)c2ncnc(-c3cccc4cc[nH]c34)n2)cc1[N+](=O)[O-]. The second-order valence-corrected chi connectivity index (χ2v) is 7.86. The molecule has 2 heterocycles. The number of H-pyrrole nitrogens is 1. The van der Waals surface area contributed by atoms with Gasteiger partial charge in [-0.3, -0.25) is 10.1 Å². The minimum absolute atomic E-state index is 0.0708. The van der Waals surface area contributed by atoms with E-state index in [1.807, 2.05) is 54.4 Å². The monoisotopic (exact) mass is 462 g/mol. The molecule has 0 saturated heterocycles. The number of nitro groups is 1. The quantitative estimate of drug-likeness (QED) is 0.283. The fourth-order valence-corrected chi connectivity index (χ4v) is 3.73. The average Bonchev–Trinajstić information content (AvgIpc) is 3.32. The summed E-state index contributed by atoms with van der Waals surface area (Å²) in [5.74, 6) is 1.32. The van der Waals surface area contributed by atoms with Gasteiger partial charge in [-0.2, -0.15) is 4.98 Å². The molecule has 4 aromatic rings. The molecule has 4 rings (SSSR count). The Balaban J connectivity index is 1.86. The van der Waals surface area contributed by atoms with E-state index in [-0.39, 0.29) is 5.69 Å². The second kappa shape index (κ2) is 9.71. The highest BCUT2D eigenvalue weighted by Crippen LogP contribution is 2.40. The normalized spacial score (nSPS) is 11.1. The van der Waals surface area contributed by atoms with Crippen LogP contribution in [0.1, 0.15) is 0 Å². The predicted molar refractivity (Wildman–Crippen MR) is 132 cm³/mol. The Hall–Kier alpha value is -4.25. The molecule has 2 aromatic carbocycles. The molecule has 0 spiro atoms. The van der Waals surface area contributed by atoms with Crippen LogP contribution in [-0.2, 0) is 0 Å². The molecule has 0 fully saturated rings. The van der Waals surface area contributed by atoms with Crippen molar-refractivity contribution in [1.82, 2.24) is 24.8 Å². The maximum absolute atomic E-state index is 11.7. The molecule has 0 radical (unpaired) electrons. The molecule has 0 amide bonds. The number of likely N-dealkylation sites (N-methyl/N-ethyl adjacent to an activating group) is 1. The number of hydrogen-bond acceptors (Lipinski definition) is 9. The lowest BCUT2D eigenvalue weighted by atomic mass is 10.1. The fraction of sp³-hybridized carbons (Fsp3) is 0.261. The number of nitrogens with one attached hydrogen (secondary N) is 2. The Labute approximate surface area is 196 Å². The van der Waals surface area contributed by atoms with E-state index in [0.29, 0.717) is 42.0 Å². The van der Waals surface area contributed by atoms with Crippen LogP contribution in [0.15, 0.2) is 48.9 Å². The first-order chi connectivity index (χ1) is 16.4. The van der Waals surface area contributed by atoms with Crippen molar-refractivity contribution in [2.45, 2.75) is 0 Å². The van der Waals surface area contributed by atoms with Crippen LogP contribution in [0.5, 0.6) is 5.75 Å². The molecule has 0 aliphatic heterocycles. The highest BCUT2D eigenvalue weighted by Gasteiger charge is 2.24. The van der Waals surface area contributed by atoms with Crippen LogP contribution in [0.4, 0.5) is 23.0 Å². The van der Waals surface area contributed by atoms with E-state index < -0.39 is 4.92 Å². The van der Waals surface area contributed by atoms with Crippen molar-refractivity contribution in [3.05, 3.63) is 59.0 Å². The molecule has 2 N–H and O–H groups in total. The number of ether oxygens (including phenoxy) is 1. The van der Waals surface area contributed by atoms with Gasteiger partial charge in [0.2, 0.25) is 5.95 Å². The molecule has 0 atom stereocenters. The van der Waals surface area contributed by atoms with Crippen LogP contribution < -0.4 is 15.0 Å². The van der Waals surface area contributed by atoms with Crippen molar-refractivity contribution < 1.29 is 9.66 Å². The summed E-state index contributed by atoms with van der Waals surface area (Å²) >= 11 is 0. The van der Waals surface area contributed by atoms with Gasteiger partial charge in [0, 0.05) is 49.4 Å². The Bertz CT molecular complexity index is 1320. The minimum Gasteiger partial charge on any atom is -0.494 e. The predicted octanol–water partition coefficient (Wildman–Crippen LogP) is 3.68. The zero-order chi connectivity index (χ0) is 24.2. The Morgan fingerprint density at radius 2 is 2.00 bits per heavy atom. The number of para-hydroxylation sites is 1. The van der Waals surface area contributed by atoms with E-state index in [0.717, 1.165) is 16.5 Å². The molecular formula is C23H26N8O3. The van der Waals surface area contributed by atoms with E-state index in [2.05, 4.69) is 20.3 Å². The molecule has 0 aliphatic rings. The van der Waals surface area contributed by atoms with E-state index in [1.54, 1.807) is 13.1 Å². The maximum Gasteiger partial charge on any atom is 0.294 e. The molecule has 11 heteroatoms. The standard InChI is InChI=1S/C23H26N8O3/c1-24-17-12-20(34-4)19(13-18(17)31(32)33)30(11-10-29(2)3)23-27-14-26-22(28-23)16-7-5-6-15-8-9-25-21(15)16/h5-9,12-14,24-25H,10-11H2,1-4H3. The molecule has 0 saturated carbocycles. The summed E-state index contributed by atoms with van der Waals surface area (Å²) in [4.78, 5) is 31.9. The maximum atomic E-state index is 11.7. The Kier molecular flexibility index (Phi) is 6.55. The molecule has 11 nitrogen and oxygen atoms in total. The number of hydrogen-bond donors (Lipinski definition) is 2. The second-order valence-electron chi connectivity index (χ2n) is 7.86. The van der Waals surface area contributed by atoms with E-state index in [4.69, 9.17) is 9.72 Å². The number of methoxy groups -OCH3 is 1. The summed E-state index contributed by atoms with van der Waals surface area (Å²) in [6.07, 6.45) is 3.32. The van der Waals surface area contributed by atoms with Crippen molar-refractivity contribution >= 4 is 33.9 Å². The van der Waals surface area contributed by atoms with Crippen LogP contribution >= 0.6 is 0 Å². The third kappa shape index (κ3) is 4.46. The average molecular weight is 463 g/mol. The highest BCUT2D eigenvalue weighted by molar-refractivity contribution is 5.92. The summed E-state index contributed by atoms with van der Waals surface area (Å²) in [5, 5.41) is 15.7. The smallest absolute Gasteiger partial charge is 0.294 e. The van der Waals surface area contributed by atoms with Crippen molar-refractivity contribution in [2.24, 2.45) is 0 Å². The molecule has 0 bridgehead atoms. The number of aromatic amines is 1. The van der Waals surface area contributed by atoms with Gasteiger partial charge in [0.15, 0.2) is 5.82 Å². The summed E-state index contributed by atoms with van der Waals surface area (Å²) < 4.78 is 5.60. The lowest BCUT2D eigenvalue weighted by Gasteiger charge is -2.26. The van der Waals surface area contributed by atoms with Gasteiger partial charge in [0.1, 0.15) is 17.8 Å². The topological polar surface area (TPSA) is 125 Å². The molecule has 0 unspecified atom stereocenters. The summed E-state index contributed by atoms with van der Waals surface area (Å²) in [5.41, 5.74) is 2.53. The first kappa shape index (κ1) is 22.9. The van der Waals surface area contributed by atoms with Gasteiger partial charge >= 0.3 is 0 Å². The molecule has 2 aromatic heterocycles. The van der Waals surface area contributed by atoms with Crippen molar-refractivity contribution in [3.8, 4) is 17.1 Å². The van der Waals surface area contributed by atoms with Crippen LogP contribution in [0.3, 0.4) is 0 Å². The van der Waals surface area contributed by atoms with E-state index >= 15 is 0 Å².